The zero-order valence-electron chi connectivity index (χ0n) is 13.3. The van der Waals surface area contributed by atoms with Gasteiger partial charge in [0.1, 0.15) is 0 Å². The summed E-state index contributed by atoms with van der Waals surface area (Å²) in [7, 11) is 0. The first-order chi connectivity index (χ1) is 9.12. The van der Waals surface area contributed by atoms with Crippen LogP contribution < -0.4 is 0 Å². The van der Waals surface area contributed by atoms with Crippen LogP contribution in [-0.2, 0) is 4.79 Å². The molecule has 2 atom stereocenters. The fraction of sp³-hybridized carbons (Fsp3) is 0.867. The quantitative estimate of drug-likeness (QED) is 0.866. The maximum atomic E-state index is 12.7. The highest BCUT2D eigenvalue weighted by molar-refractivity contribution is 5.76. The van der Waals surface area contributed by atoms with Gasteiger partial charge in [-0.1, -0.05) is 13.8 Å². The van der Waals surface area contributed by atoms with E-state index in [9.17, 15) is 9.59 Å². The van der Waals surface area contributed by atoms with Crippen LogP contribution in [0.15, 0.2) is 0 Å². The molecule has 5 heteroatoms. The number of amides is 2. The first-order valence-electron chi connectivity index (χ1n) is 7.41. The largest absolute Gasteiger partial charge is 0.481 e. The van der Waals surface area contributed by atoms with E-state index in [2.05, 4.69) is 13.8 Å². The van der Waals surface area contributed by atoms with Crippen LogP contribution in [0.4, 0.5) is 4.79 Å². The Labute approximate surface area is 121 Å². The van der Waals surface area contributed by atoms with Crippen LogP contribution in [0.25, 0.3) is 0 Å². The monoisotopic (exact) mass is 284 g/mol. The topological polar surface area (TPSA) is 60.9 Å². The number of hydrogen-bond acceptors (Lipinski definition) is 2. The van der Waals surface area contributed by atoms with Crippen LogP contribution in [0.2, 0.25) is 0 Å². The van der Waals surface area contributed by atoms with Crippen LogP contribution in [0.5, 0.6) is 0 Å². The number of piperidine rings is 1. The lowest BCUT2D eigenvalue weighted by Crippen LogP contribution is -2.55. The van der Waals surface area contributed by atoms with E-state index in [1.165, 1.54) is 0 Å². The van der Waals surface area contributed by atoms with Crippen LogP contribution in [0.3, 0.4) is 0 Å². The van der Waals surface area contributed by atoms with Gasteiger partial charge in [0.25, 0.3) is 0 Å². The molecule has 1 heterocycles. The van der Waals surface area contributed by atoms with Gasteiger partial charge in [-0.2, -0.15) is 0 Å². The molecule has 0 aromatic carbocycles. The molecule has 20 heavy (non-hydrogen) atoms. The van der Waals surface area contributed by atoms with Crippen molar-refractivity contribution >= 4 is 12.0 Å². The average molecular weight is 284 g/mol. The first kappa shape index (κ1) is 16.8. The van der Waals surface area contributed by atoms with Crippen molar-refractivity contribution in [3.05, 3.63) is 0 Å². The Morgan fingerprint density at radius 2 is 1.85 bits per heavy atom. The molecule has 0 bridgehead atoms. The van der Waals surface area contributed by atoms with Gasteiger partial charge in [0.05, 0.1) is 6.42 Å². The first-order valence-corrected chi connectivity index (χ1v) is 7.41. The van der Waals surface area contributed by atoms with E-state index in [1.54, 1.807) is 4.90 Å². The molecule has 2 unspecified atom stereocenters. The predicted molar refractivity (Wildman–Crippen MR) is 78.6 cm³/mol. The molecule has 1 rings (SSSR count). The molecule has 0 aliphatic carbocycles. The van der Waals surface area contributed by atoms with Gasteiger partial charge in [0.2, 0.25) is 0 Å². The second-order valence-corrected chi connectivity index (χ2v) is 6.94. The van der Waals surface area contributed by atoms with Crippen molar-refractivity contribution in [1.29, 1.82) is 0 Å². The molecule has 1 aliphatic heterocycles. The molecule has 1 fully saturated rings. The summed E-state index contributed by atoms with van der Waals surface area (Å²) in [5, 5.41) is 8.85. The second kappa shape index (κ2) is 6.46. The number of carbonyl (C=O) groups excluding carboxylic acids is 1. The van der Waals surface area contributed by atoms with Crippen molar-refractivity contribution in [2.24, 2.45) is 11.8 Å². The number of likely N-dealkylation sites (tertiary alicyclic amines) is 1. The minimum absolute atomic E-state index is 0.0111. The van der Waals surface area contributed by atoms with Gasteiger partial charge in [0.15, 0.2) is 0 Å². The van der Waals surface area contributed by atoms with E-state index in [1.807, 2.05) is 25.7 Å². The van der Waals surface area contributed by atoms with Crippen molar-refractivity contribution in [3.8, 4) is 0 Å². The summed E-state index contributed by atoms with van der Waals surface area (Å²) in [6, 6.07) is -0.0301. The number of aliphatic carboxylic acids is 1. The molecule has 0 saturated carbocycles. The number of rotatable bonds is 3. The maximum Gasteiger partial charge on any atom is 0.320 e. The highest BCUT2D eigenvalue weighted by atomic mass is 16.4. The van der Waals surface area contributed by atoms with Gasteiger partial charge in [-0.15, -0.1) is 0 Å². The average Bonchev–Trinajstić information content (AvgIpc) is 2.30. The fourth-order valence-corrected chi connectivity index (χ4v) is 2.53. The van der Waals surface area contributed by atoms with Crippen LogP contribution in [0.1, 0.15) is 47.5 Å². The molecule has 116 valence electrons. The lowest BCUT2D eigenvalue weighted by Gasteiger charge is -2.42. The second-order valence-electron chi connectivity index (χ2n) is 6.94. The summed E-state index contributed by atoms with van der Waals surface area (Å²) >= 11 is 0. The molecule has 1 N–H and O–H groups in total. The highest BCUT2D eigenvalue weighted by Gasteiger charge is 2.33. The van der Waals surface area contributed by atoms with E-state index in [0.29, 0.717) is 11.8 Å². The number of urea groups is 1. The van der Waals surface area contributed by atoms with E-state index >= 15 is 0 Å². The number of carboxylic acid groups (broad SMARTS) is 1. The Bertz CT molecular complexity index is 363. The van der Waals surface area contributed by atoms with Gasteiger partial charge >= 0.3 is 12.0 Å². The molecular weight excluding hydrogens is 256 g/mol. The standard InChI is InChI=1S/C15H28N2O3/c1-11-6-8-16(10-12(11)2)14(20)17(15(3,4)5)9-7-13(18)19/h11-12H,6-10H2,1-5H3,(H,18,19). The van der Waals surface area contributed by atoms with Crippen LogP contribution in [-0.4, -0.2) is 52.1 Å². The van der Waals surface area contributed by atoms with Crippen molar-refractivity contribution in [2.75, 3.05) is 19.6 Å². The third kappa shape index (κ3) is 4.39. The summed E-state index contributed by atoms with van der Waals surface area (Å²) in [6.07, 6.45) is 1.01. The lowest BCUT2D eigenvalue weighted by molar-refractivity contribution is -0.137. The zero-order chi connectivity index (χ0) is 15.5. The molecule has 0 aromatic rings. The van der Waals surface area contributed by atoms with E-state index < -0.39 is 5.97 Å². The van der Waals surface area contributed by atoms with Crippen molar-refractivity contribution < 1.29 is 14.7 Å². The summed E-state index contributed by atoms with van der Waals surface area (Å²) in [4.78, 5) is 27.0. The molecule has 0 spiro atoms. The fourth-order valence-electron chi connectivity index (χ4n) is 2.53. The Morgan fingerprint density at radius 1 is 1.25 bits per heavy atom. The van der Waals surface area contributed by atoms with E-state index in [4.69, 9.17) is 5.11 Å². The van der Waals surface area contributed by atoms with Gasteiger partial charge in [-0.25, -0.2) is 4.79 Å². The van der Waals surface area contributed by atoms with Crippen molar-refractivity contribution in [2.45, 2.75) is 53.0 Å². The third-order valence-electron chi connectivity index (χ3n) is 4.19. The van der Waals surface area contributed by atoms with Crippen molar-refractivity contribution in [1.82, 2.24) is 9.80 Å². The highest BCUT2D eigenvalue weighted by Crippen LogP contribution is 2.25. The van der Waals surface area contributed by atoms with Gasteiger partial charge in [-0.3, -0.25) is 4.79 Å². The summed E-state index contributed by atoms with van der Waals surface area (Å²) < 4.78 is 0. The molecule has 1 saturated heterocycles. The SMILES string of the molecule is CC1CCN(C(=O)N(CCC(=O)O)C(C)(C)C)CC1C. The number of nitrogens with zero attached hydrogens (tertiary/aromatic N) is 2. The van der Waals surface area contributed by atoms with Gasteiger partial charge < -0.3 is 14.9 Å². The Morgan fingerprint density at radius 3 is 2.30 bits per heavy atom. The van der Waals surface area contributed by atoms with Gasteiger partial charge in [0, 0.05) is 25.2 Å². The summed E-state index contributed by atoms with van der Waals surface area (Å²) in [5.41, 5.74) is -0.362. The van der Waals surface area contributed by atoms with Crippen molar-refractivity contribution in [3.63, 3.8) is 0 Å². The number of hydrogen-bond donors (Lipinski definition) is 1. The lowest BCUT2D eigenvalue weighted by atomic mass is 9.89. The normalized spacial score (nSPS) is 23.6. The minimum atomic E-state index is -0.868. The molecule has 1 aliphatic rings. The molecule has 5 nitrogen and oxygen atoms in total. The molecular formula is C15H28N2O3. The zero-order valence-corrected chi connectivity index (χ0v) is 13.3. The Hall–Kier alpha value is -1.26. The summed E-state index contributed by atoms with van der Waals surface area (Å²) in [6.45, 7) is 12.0. The number of carbonyl (C=O) groups is 2. The van der Waals surface area contributed by atoms with Gasteiger partial charge in [-0.05, 0) is 39.0 Å². The van der Waals surface area contributed by atoms with Crippen LogP contribution in [0, 0.1) is 11.8 Å². The van der Waals surface area contributed by atoms with E-state index in [0.717, 1.165) is 19.5 Å². The number of carboxylic acids is 1. The third-order valence-corrected chi connectivity index (χ3v) is 4.19. The van der Waals surface area contributed by atoms with Crippen LogP contribution >= 0.6 is 0 Å². The molecule has 0 aromatic heterocycles. The van der Waals surface area contributed by atoms with E-state index in [-0.39, 0.29) is 24.5 Å². The molecule has 2 amide bonds. The summed E-state index contributed by atoms with van der Waals surface area (Å²) in [5.74, 6) is 0.267. The maximum absolute atomic E-state index is 12.7. The smallest absolute Gasteiger partial charge is 0.320 e. The minimum Gasteiger partial charge on any atom is -0.481 e. The molecule has 0 radical (unpaired) electrons. The Kier molecular flexibility index (Phi) is 5.42. The Balaban J connectivity index is 2.75. The predicted octanol–water partition coefficient (Wildman–Crippen LogP) is 2.66.